The van der Waals surface area contributed by atoms with Gasteiger partial charge in [0.1, 0.15) is 5.75 Å². The van der Waals surface area contributed by atoms with Gasteiger partial charge in [0.2, 0.25) is 0 Å². The number of fused-ring (bicyclic) bond motifs is 2. The van der Waals surface area contributed by atoms with Crippen molar-refractivity contribution in [1.82, 2.24) is 0 Å². The topological polar surface area (TPSA) is 104 Å². The second kappa shape index (κ2) is 8.30. The number of carbonyl (C=O) groups is 1. The Balaban J connectivity index is 1.78. The molecule has 0 aliphatic heterocycles. The maximum Gasteiger partial charge on any atom is 0.313 e. The molecule has 0 unspecified atom stereocenters. The molecule has 0 aliphatic carbocycles. The number of sulfonamides is 1. The lowest BCUT2D eigenvalue weighted by atomic mass is 10.1. The van der Waals surface area contributed by atoms with Crippen molar-refractivity contribution in [3.05, 3.63) is 71.8 Å². The first kappa shape index (κ1) is 21.3. The van der Waals surface area contributed by atoms with E-state index in [1.54, 1.807) is 54.6 Å². The molecule has 0 atom stereocenters. The van der Waals surface area contributed by atoms with Gasteiger partial charge in [-0.25, -0.2) is 8.42 Å². The third kappa shape index (κ3) is 4.41. The number of anilines is 1. The van der Waals surface area contributed by atoms with Crippen LogP contribution in [0, 0.1) is 0 Å². The molecule has 4 aromatic rings. The predicted molar refractivity (Wildman–Crippen MR) is 124 cm³/mol. The van der Waals surface area contributed by atoms with Gasteiger partial charge in [-0.1, -0.05) is 48.0 Å². The summed E-state index contributed by atoms with van der Waals surface area (Å²) in [5, 5.41) is 22.5. The van der Waals surface area contributed by atoms with Crippen LogP contribution < -0.4 is 4.72 Å². The molecule has 0 saturated carbocycles. The summed E-state index contributed by atoms with van der Waals surface area (Å²) in [6.45, 7) is 0. The quantitative estimate of drug-likeness (QED) is 0.258. The number of hydrogen-bond acceptors (Lipinski definition) is 5. The molecule has 31 heavy (non-hydrogen) atoms. The highest BCUT2D eigenvalue weighted by Crippen LogP contribution is 2.40. The highest BCUT2D eigenvalue weighted by Gasteiger charge is 2.19. The van der Waals surface area contributed by atoms with E-state index >= 15 is 0 Å². The van der Waals surface area contributed by atoms with E-state index in [9.17, 15) is 18.3 Å². The molecule has 0 radical (unpaired) electrons. The second-order valence-corrected chi connectivity index (χ2v) is 9.89. The zero-order chi connectivity index (χ0) is 22.2. The zero-order valence-corrected chi connectivity index (χ0v) is 18.3. The number of phenolic OH excluding ortho intramolecular Hbond substituents is 1. The van der Waals surface area contributed by atoms with Gasteiger partial charge >= 0.3 is 5.97 Å². The standard InChI is InChI=1S/C22H16ClNO5S2/c23-15-7-5-14-10-16(8-6-13(14)9-15)31(28,29)24-19-11-20(30-12-21(25)26)22(27)18-4-2-1-3-17(18)19/h1-11,24,27H,12H2,(H,25,26). The summed E-state index contributed by atoms with van der Waals surface area (Å²) in [5.74, 6) is -1.41. The Morgan fingerprint density at radius 2 is 1.65 bits per heavy atom. The van der Waals surface area contributed by atoms with Crippen molar-refractivity contribution in [2.24, 2.45) is 0 Å². The van der Waals surface area contributed by atoms with Gasteiger partial charge in [0.05, 0.1) is 21.2 Å². The number of thioether (sulfide) groups is 1. The lowest BCUT2D eigenvalue weighted by Crippen LogP contribution is -2.13. The maximum atomic E-state index is 13.1. The van der Waals surface area contributed by atoms with E-state index in [1.165, 1.54) is 12.1 Å². The molecule has 4 rings (SSSR count). The van der Waals surface area contributed by atoms with Crippen LogP contribution in [0.25, 0.3) is 21.5 Å². The van der Waals surface area contributed by atoms with Gasteiger partial charge in [-0.3, -0.25) is 9.52 Å². The minimum atomic E-state index is -3.96. The fourth-order valence-corrected chi connectivity index (χ4v) is 5.25. The molecule has 0 heterocycles. The van der Waals surface area contributed by atoms with Crippen LogP contribution >= 0.6 is 23.4 Å². The maximum absolute atomic E-state index is 13.1. The molecule has 0 amide bonds. The molecule has 6 nitrogen and oxygen atoms in total. The Kier molecular flexibility index (Phi) is 5.70. The Bertz CT molecular complexity index is 1440. The molecule has 0 bridgehead atoms. The minimum absolute atomic E-state index is 0.0687. The molecule has 0 aromatic heterocycles. The van der Waals surface area contributed by atoms with Gasteiger partial charge in [0, 0.05) is 15.8 Å². The number of aliphatic carboxylic acids is 1. The molecule has 0 spiro atoms. The van der Waals surface area contributed by atoms with Crippen LogP contribution in [0.1, 0.15) is 0 Å². The summed E-state index contributed by atoms with van der Waals surface area (Å²) in [5.41, 5.74) is 0.248. The van der Waals surface area contributed by atoms with Crippen LogP contribution in [0.5, 0.6) is 5.75 Å². The first-order valence-electron chi connectivity index (χ1n) is 9.06. The zero-order valence-electron chi connectivity index (χ0n) is 15.9. The van der Waals surface area contributed by atoms with Gasteiger partial charge in [0.15, 0.2) is 0 Å². The third-order valence-corrected chi connectivity index (χ3v) is 7.27. The van der Waals surface area contributed by atoms with Gasteiger partial charge < -0.3 is 10.2 Å². The van der Waals surface area contributed by atoms with E-state index in [-0.39, 0.29) is 27.0 Å². The largest absolute Gasteiger partial charge is 0.506 e. The van der Waals surface area contributed by atoms with Crippen LogP contribution in [0.15, 0.2) is 76.5 Å². The Morgan fingerprint density at radius 1 is 0.968 bits per heavy atom. The number of carboxylic acids is 1. The van der Waals surface area contributed by atoms with E-state index in [2.05, 4.69) is 4.72 Å². The summed E-state index contributed by atoms with van der Waals surface area (Å²) in [7, 11) is -3.96. The summed E-state index contributed by atoms with van der Waals surface area (Å²) in [4.78, 5) is 11.3. The number of rotatable bonds is 6. The Hall–Kier alpha value is -2.94. The van der Waals surface area contributed by atoms with Crippen molar-refractivity contribution in [3.8, 4) is 5.75 Å². The van der Waals surface area contributed by atoms with Crippen molar-refractivity contribution < 1.29 is 23.4 Å². The first-order chi connectivity index (χ1) is 14.7. The molecule has 3 N–H and O–H groups in total. The SMILES string of the molecule is O=C(O)CSc1cc(NS(=O)(=O)c2ccc3cc(Cl)ccc3c2)c2ccccc2c1O. The molecule has 0 fully saturated rings. The van der Waals surface area contributed by atoms with Crippen LogP contribution in [0.4, 0.5) is 5.69 Å². The monoisotopic (exact) mass is 473 g/mol. The molecule has 0 aliphatic rings. The van der Waals surface area contributed by atoms with Crippen molar-refractivity contribution in [1.29, 1.82) is 0 Å². The number of nitrogens with one attached hydrogen (secondary N) is 1. The lowest BCUT2D eigenvalue weighted by molar-refractivity contribution is -0.133. The molecule has 4 aromatic carbocycles. The fraction of sp³-hybridized carbons (Fsp3) is 0.0455. The third-order valence-electron chi connectivity index (χ3n) is 4.66. The van der Waals surface area contributed by atoms with E-state index in [4.69, 9.17) is 16.7 Å². The van der Waals surface area contributed by atoms with Gasteiger partial charge in [0.25, 0.3) is 10.0 Å². The average Bonchev–Trinajstić information content (AvgIpc) is 2.74. The highest BCUT2D eigenvalue weighted by atomic mass is 35.5. The van der Waals surface area contributed by atoms with Gasteiger partial charge in [-0.15, -0.1) is 11.8 Å². The Labute approximate surface area is 187 Å². The van der Waals surface area contributed by atoms with Crippen molar-refractivity contribution in [3.63, 3.8) is 0 Å². The molecule has 158 valence electrons. The lowest BCUT2D eigenvalue weighted by Gasteiger charge is -2.15. The summed E-state index contributed by atoms with van der Waals surface area (Å²) < 4.78 is 28.8. The van der Waals surface area contributed by atoms with Crippen LogP contribution in [-0.2, 0) is 14.8 Å². The van der Waals surface area contributed by atoms with Crippen molar-refractivity contribution in [2.45, 2.75) is 9.79 Å². The van der Waals surface area contributed by atoms with Gasteiger partial charge in [-0.05, 0) is 41.1 Å². The average molecular weight is 474 g/mol. The van der Waals surface area contributed by atoms with Crippen molar-refractivity contribution in [2.75, 3.05) is 10.5 Å². The van der Waals surface area contributed by atoms with Crippen LogP contribution in [0.3, 0.4) is 0 Å². The van der Waals surface area contributed by atoms with Gasteiger partial charge in [-0.2, -0.15) is 0 Å². The Morgan fingerprint density at radius 3 is 2.39 bits per heavy atom. The fourth-order valence-electron chi connectivity index (χ4n) is 3.23. The number of halogens is 1. The van der Waals surface area contributed by atoms with Crippen LogP contribution in [-0.4, -0.2) is 30.4 Å². The molecule has 0 saturated heterocycles. The van der Waals surface area contributed by atoms with E-state index in [1.807, 2.05) is 0 Å². The smallest absolute Gasteiger partial charge is 0.313 e. The number of benzene rings is 4. The summed E-state index contributed by atoms with van der Waals surface area (Å²) in [6, 6.07) is 18.1. The summed E-state index contributed by atoms with van der Waals surface area (Å²) in [6.07, 6.45) is 0. The van der Waals surface area contributed by atoms with Crippen molar-refractivity contribution >= 4 is 66.6 Å². The number of carboxylic acid groups (broad SMARTS) is 1. The number of hydrogen-bond donors (Lipinski definition) is 3. The number of aromatic hydroxyl groups is 1. The summed E-state index contributed by atoms with van der Waals surface area (Å²) >= 11 is 6.91. The first-order valence-corrected chi connectivity index (χ1v) is 11.9. The molecule has 9 heteroatoms. The minimum Gasteiger partial charge on any atom is -0.506 e. The molecular weight excluding hydrogens is 458 g/mol. The van der Waals surface area contributed by atoms with E-state index in [0.717, 1.165) is 22.5 Å². The molecular formula is C22H16ClNO5S2. The normalized spacial score (nSPS) is 11.6. The number of phenols is 1. The second-order valence-electron chi connectivity index (χ2n) is 6.76. The van der Waals surface area contributed by atoms with E-state index < -0.39 is 16.0 Å². The van der Waals surface area contributed by atoms with E-state index in [0.29, 0.717) is 15.8 Å². The highest BCUT2D eigenvalue weighted by molar-refractivity contribution is 8.00. The predicted octanol–water partition coefficient (Wildman–Crippen LogP) is 5.33. The van der Waals surface area contributed by atoms with Crippen LogP contribution in [0.2, 0.25) is 5.02 Å².